The fraction of sp³-hybridized carbons (Fsp3) is 0.340. The minimum absolute atomic E-state index is 0.249. The van der Waals surface area contributed by atoms with Crippen LogP contribution in [0, 0.1) is 18.8 Å². The highest BCUT2D eigenvalue weighted by Gasteiger charge is 2.41. The van der Waals surface area contributed by atoms with Gasteiger partial charge < -0.3 is 24.3 Å². The molecule has 60 heavy (non-hydrogen) atoms. The van der Waals surface area contributed by atoms with E-state index >= 15 is 0 Å². The molecule has 8 rings (SSSR count). The van der Waals surface area contributed by atoms with Crippen molar-refractivity contribution < 1.29 is 28.5 Å². The quantitative estimate of drug-likeness (QED) is 0.0641. The van der Waals surface area contributed by atoms with Crippen LogP contribution in [-0.2, 0) is 31.1 Å². The van der Waals surface area contributed by atoms with E-state index in [0.717, 1.165) is 82.8 Å². The van der Waals surface area contributed by atoms with Crippen molar-refractivity contribution >= 4 is 17.5 Å². The molecule has 5 aromatic carbocycles. The minimum atomic E-state index is -1.25. The molecule has 7 nitrogen and oxygen atoms in total. The van der Waals surface area contributed by atoms with Crippen LogP contribution in [0.5, 0.6) is 11.5 Å². The minimum Gasteiger partial charge on any atom is -0.496 e. The summed E-state index contributed by atoms with van der Waals surface area (Å²) in [5.74, 6) is 2.05. The van der Waals surface area contributed by atoms with Gasteiger partial charge in [0, 0.05) is 22.3 Å². The third-order valence-corrected chi connectivity index (χ3v) is 12.3. The third kappa shape index (κ3) is 9.60. The van der Waals surface area contributed by atoms with Gasteiger partial charge in [-0.15, -0.1) is 5.73 Å². The Labute approximate surface area is 354 Å². The van der Waals surface area contributed by atoms with E-state index in [4.69, 9.17) is 18.9 Å². The summed E-state index contributed by atoms with van der Waals surface area (Å²) < 4.78 is 24.6. The Morgan fingerprint density at radius 2 is 1.57 bits per heavy atom. The number of hydrogen-bond donors (Lipinski definition) is 1. The average molecular weight is 802 g/mol. The summed E-state index contributed by atoms with van der Waals surface area (Å²) in [5.41, 5.74) is 10.2. The van der Waals surface area contributed by atoms with Crippen molar-refractivity contribution in [3.05, 3.63) is 178 Å². The predicted octanol–water partition coefficient (Wildman–Crippen LogP) is 10.6. The fourth-order valence-electron chi connectivity index (χ4n) is 8.89. The zero-order valence-corrected chi connectivity index (χ0v) is 34.7. The molecule has 0 amide bonds. The first kappa shape index (κ1) is 40.9. The summed E-state index contributed by atoms with van der Waals surface area (Å²) >= 11 is 0. The number of aryl methyl sites for hydroxylation is 2. The number of ether oxygens (including phenoxy) is 4. The van der Waals surface area contributed by atoms with Crippen molar-refractivity contribution in [2.45, 2.75) is 82.5 Å². The summed E-state index contributed by atoms with van der Waals surface area (Å²) in [6.07, 6.45) is 10.5. The van der Waals surface area contributed by atoms with E-state index in [1.54, 1.807) is 7.11 Å². The zero-order valence-electron chi connectivity index (χ0n) is 34.7. The van der Waals surface area contributed by atoms with Crippen molar-refractivity contribution in [3.63, 3.8) is 0 Å². The first-order chi connectivity index (χ1) is 29.4. The lowest BCUT2D eigenvalue weighted by atomic mass is 9.79. The molecule has 1 heterocycles. The molecule has 4 atom stereocenters. The molecular formula is C53H55NO6. The average Bonchev–Trinajstić information content (AvgIpc) is 4.03. The Bertz CT molecular complexity index is 2270. The SMILES string of the molecule is COc1ccc(CCC(OC(=O)C2CCCCN2)c2cccc(OCC(=O)OC(c3ccccc3)(c3ccccc3)c3ccc(C4=C=C[C@@H]5CC5CCC4)cc3)c2)cc1C. The number of rotatable bonds is 15. The van der Waals surface area contributed by atoms with Crippen LogP contribution < -0.4 is 14.8 Å². The molecule has 7 heteroatoms. The maximum Gasteiger partial charge on any atom is 0.345 e. The van der Waals surface area contributed by atoms with Crippen LogP contribution in [0.4, 0.5) is 0 Å². The second kappa shape index (κ2) is 19.0. The van der Waals surface area contributed by atoms with Crippen LogP contribution in [0.3, 0.4) is 0 Å². The number of carbonyl (C=O) groups is 2. The molecule has 308 valence electrons. The van der Waals surface area contributed by atoms with E-state index in [9.17, 15) is 9.59 Å². The van der Waals surface area contributed by atoms with Crippen LogP contribution in [-0.4, -0.2) is 38.2 Å². The van der Waals surface area contributed by atoms with Crippen LogP contribution in [0.15, 0.2) is 139 Å². The maximum absolute atomic E-state index is 14.2. The molecular weight excluding hydrogens is 747 g/mol. The zero-order chi connectivity index (χ0) is 41.3. The summed E-state index contributed by atoms with van der Waals surface area (Å²) in [7, 11) is 1.67. The Morgan fingerprint density at radius 1 is 0.817 bits per heavy atom. The molecule has 1 N–H and O–H groups in total. The first-order valence-electron chi connectivity index (χ1n) is 21.6. The fourth-order valence-corrected chi connectivity index (χ4v) is 8.89. The second-order valence-electron chi connectivity index (χ2n) is 16.4. The lowest BCUT2D eigenvalue weighted by molar-refractivity contribution is -0.156. The van der Waals surface area contributed by atoms with Crippen molar-refractivity contribution in [2.24, 2.45) is 11.8 Å². The molecule has 2 fully saturated rings. The Morgan fingerprint density at radius 3 is 2.27 bits per heavy atom. The van der Waals surface area contributed by atoms with E-state index in [0.29, 0.717) is 24.5 Å². The number of benzene rings is 5. The predicted molar refractivity (Wildman–Crippen MR) is 235 cm³/mol. The topological polar surface area (TPSA) is 83.1 Å². The van der Waals surface area contributed by atoms with Gasteiger partial charge in [-0.1, -0.05) is 116 Å². The largest absolute Gasteiger partial charge is 0.496 e. The highest BCUT2D eigenvalue weighted by atomic mass is 16.6. The van der Waals surface area contributed by atoms with E-state index in [1.807, 2.05) is 104 Å². The number of piperidine rings is 1. The van der Waals surface area contributed by atoms with Gasteiger partial charge in [0.05, 0.1) is 7.11 Å². The molecule has 3 aliphatic rings. The molecule has 1 aliphatic heterocycles. The van der Waals surface area contributed by atoms with Gasteiger partial charge in [-0.05, 0) is 123 Å². The Balaban J connectivity index is 1.04. The van der Waals surface area contributed by atoms with E-state index in [1.165, 1.54) is 24.8 Å². The number of nitrogens with one attached hydrogen (secondary N) is 1. The van der Waals surface area contributed by atoms with Gasteiger partial charge in [-0.3, -0.25) is 4.79 Å². The van der Waals surface area contributed by atoms with Crippen LogP contribution in [0.25, 0.3) is 5.57 Å². The van der Waals surface area contributed by atoms with Crippen LogP contribution in [0.1, 0.15) is 96.4 Å². The van der Waals surface area contributed by atoms with E-state index in [-0.39, 0.29) is 18.6 Å². The monoisotopic (exact) mass is 801 g/mol. The Hall–Kier alpha value is -5.88. The highest BCUT2D eigenvalue weighted by Crippen LogP contribution is 2.45. The molecule has 0 spiro atoms. The van der Waals surface area contributed by atoms with E-state index < -0.39 is 17.7 Å². The van der Waals surface area contributed by atoms with Gasteiger partial charge in [0.1, 0.15) is 23.6 Å². The highest BCUT2D eigenvalue weighted by molar-refractivity contribution is 5.76. The van der Waals surface area contributed by atoms with E-state index in [2.05, 4.69) is 47.5 Å². The standard InChI is InChI=1S/C53H55NO6/c1-37-33-38(22-30-49(37)57-2)23-31-50(59-52(56)48-21-9-10-32-54-48)43-15-12-20-47(35-43)58-36-51(55)60-53(44-16-5-3-6-17-44,45-18-7-4-8-19-45)46-28-26-40(27-29-46)39-13-11-14-41-34-42(41)25-24-39/h3-8,12,15-20,22,25-30,33,35,41-42,48,50,54H,9-11,13-14,21,23,31-32,34,36H2,1-2H3/t24?,41?,42-,48?,50?/m1/s1. The molecule has 2 aliphatic carbocycles. The molecule has 0 aromatic heterocycles. The lowest BCUT2D eigenvalue weighted by Gasteiger charge is -2.35. The maximum atomic E-state index is 14.2. The summed E-state index contributed by atoms with van der Waals surface area (Å²) in [6.45, 7) is 2.49. The summed E-state index contributed by atoms with van der Waals surface area (Å²) in [6, 6.07) is 41.5. The molecule has 3 unspecified atom stereocenters. The first-order valence-corrected chi connectivity index (χ1v) is 21.6. The van der Waals surface area contributed by atoms with Crippen molar-refractivity contribution in [2.75, 3.05) is 20.3 Å². The van der Waals surface area contributed by atoms with Crippen LogP contribution >= 0.6 is 0 Å². The summed E-state index contributed by atoms with van der Waals surface area (Å²) in [5, 5.41) is 3.32. The molecule has 1 saturated heterocycles. The van der Waals surface area contributed by atoms with Crippen molar-refractivity contribution in [1.82, 2.24) is 5.32 Å². The number of carbonyl (C=O) groups excluding carboxylic acids is 2. The molecule has 5 aromatic rings. The molecule has 0 radical (unpaired) electrons. The number of fused-ring (bicyclic) bond motifs is 1. The van der Waals surface area contributed by atoms with Crippen LogP contribution in [0.2, 0.25) is 0 Å². The lowest BCUT2D eigenvalue weighted by Crippen LogP contribution is -2.41. The smallest absolute Gasteiger partial charge is 0.345 e. The van der Waals surface area contributed by atoms with Crippen molar-refractivity contribution in [3.8, 4) is 11.5 Å². The second-order valence-corrected chi connectivity index (χ2v) is 16.4. The van der Waals surface area contributed by atoms with Gasteiger partial charge in [-0.2, -0.15) is 0 Å². The van der Waals surface area contributed by atoms with Gasteiger partial charge in [0.25, 0.3) is 0 Å². The van der Waals surface area contributed by atoms with Gasteiger partial charge in [-0.25, -0.2) is 4.79 Å². The number of esters is 2. The van der Waals surface area contributed by atoms with Gasteiger partial charge >= 0.3 is 11.9 Å². The van der Waals surface area contributed by atoms with Gasteiger partial charge in [0.15, 0.2) is 12.2 Å². The van der Waals surface area contributed by atoms with Crippen molar-refractivity contribution in [1.29, 1.82) is 0 Å². The number of methoxy groups -OCH3 is 1. The normalized spacial score (nSPS) is 19.1. The molecule has 1 saturated carbocycles. The molecule has 0 bridgehead atoms. The number of allylic oxidation sites excluding steroid dienone is 1. The number of hydrogen-bond acceptors (Lipinski definition) is 7. The Kier molecular flexibility index (Phi) is 13.0. The summed E-state index contributed by atoms with van der Waals surface area (Å²) in [4.78, 5) is 27.6. The third-order valence-electron chi connectivity index (χ3n) is 12.3. The van der Waals surface area contributed by atoms with Gasteiger partial charge in [0.2, 0.25) is 0 Å².